The minimum absolute atomic E-state index is 0.169. The second kappa shape index (κ2) is 5.43. The lowest BCUT2D eigenvalue weighted by Crippen LogP contribution is -2.13. The molecule has 0 aliphatic heterocycles. The first-order valence-electron chi connectivity index (χ1n) is 4.61. The van der Waals surface area contributed by atoms with E-state index in [0.717, 1.165) is 11.3 Å². The molecule has 2 rings (SSSR count). The summed E-state index contributed by atoms with van der Waals surface area (Å²) in [7, 11) is -3.69. The van der Waals surface area contributed by atoms with Crippen LogP contribution in [0.5, 0.6) is 0 Å². The van der Waals surface area contributed by atoms with Gasteiger partial charge in [-0.3, -0.25) is 4.72 Å². The molecule has 0 bridgehead atoms. The fourth-order valence-electron chi connectivity index (χ4n) is 1.25. The maximum atomic E-state index is 13.3. The summed E-state index contributed by atoms with van der Waals surface area (Å²) < 4.78 is 40.8. The van der Waals surface area contributed by atoms with Crippen molar-refractivity contribution in [1.29, 1.82) is 0 Å². The van der Waals surface area contributed by atoms with Crippen LogP contribution in [0.1, 0.15) is 0 Å². The fraction of sp³-hybridized carbons (Fsp3) is 0. The fourth-order valence-corrected chi connectivity index (χ4v) is 5.33. The van der Waals surface area contributed by atoms with E-state index in [0.29, 0.717) is 4.47 Å². The molecule has 1 aromatic heterocycles. The normalized spacial score (nSPS) is 11.5. The second-order valence-corrected chi connectivity index (χ2v) is 7.99. The quantitative estimate of drug-likeness (QED) is 0.700. The van der Waals surface area contributed by atoms with E-state index in [2.05, 4.69) is 20.7 Å². The van der Waals surface area contributed by atoms with Crippen LogP contribution in [-0.2, 0) is 10.0 Å². The number of anilines is 1. The number of benzene rings is 1. The molecule has 8 heteroatoms. The van der Waals surface area contributed by atoms with E-state index >= 15 is 0 Å². The van der Waals surface area contributed by atoms with Crippen LogP contribution in [0.4, 0.5) is 10.1 Å². The average Bonchev–Trinajstić information content (AvgIpc) is 2.72. The molecule has 0 saturated heterocycles. The SMILES string of the molecule is O=S(=O)(Nc1cccc(F)c1I)c1sccc1Br. The van der Waals surface area contributed by atoms with Gasteiger partial charge in [0.05, 0.1) is 9.26 Å². The highest BCUT2D eigenvalue weighted by Crippen LogP contribution is 2.30. The molecule has 0 atom stereocenters. The van der Waals surface area contributed by atoms with Gasteiger partial charge in [-0.15, -0.1) is 11.3 Å². The Bertz CT molecular complexity index is 687. The molecule has 1 aromatic carbocycles. The van der Waals surface area contributed by atoms with E-state index in [1.165, 1.54) is 18.2 Å². The van der Waals surface area contributed by atoms with Gasteiger partial charge in [-0.25, -0.2) is 12.8 Å². The predicted molar refractivity (Wildman–Crippen MR) is 81.9 cm³/mol. The van der Waals surface area contributed by atoms with Crippen molar-refractivity contribution in [3.05, 3.63) is 43.5 Å². The Kier molecular flexibility index (Phi) is 4.29. The summed E-state index contributed by atoms with van der Waals surface area (Å²) in [5, 5.41) is 1.66. The monoisotopic (exact) mass is 461 g/mol. The molecule has 2 aromatic rings. The topological polar surface area (TPSA) is 46.2 Å². The predicted octanol–water partition coefficient (Wildman–Crippen LogP) is 4.06. The van der Waals surface area contributed by atoms with Crippen LogP contribution in [0.25, 0.3) is 0 Å². The first-order valence-corrected chi connectivity index (χ1v) is 8.85. The lowest BCUT2D eigenvalue weighted by atomic mass is 10.3. The molecular weight excluding hydrogens is 456 g/mol. The molecule has 1 N–H and O–H groups in total. The molecule has 0 saturated carbocycles. The third-order valence-corrected chi connectivity index (χ3v) is 7.16. The van der Waals surface area contributed by atoms with Crippen LogP contribution in [0.2, 0.25) is 0 Å². The molecule has 0 unspecified atom stereocenters. The summed E-state index contributed by atoms with van der Waals surface area (Å²) in [5.41, 5.74) is 0.232. The minimum Gasteiger partial charge on any atom is -0.278 e. The van der Waals surface area contributed by atoms with Gasteiger partial charge in [-0.1, -0.05) is 6.07 Å². The summed E-state index contributed by atoms with van der Waals surface area (Å²) >= 11 is 6.02. The first-order chi connectivity index (χ1) is 8.42. The van der Waals surface area contributed by atoms with Crippen LogP contribution in [0.3, 0.4) is 0 Å². The largest absolute Gasteiger partial charge is 0.278 e. The van der Waals surface area contributed by atoms with Crippen molar-refractivity contribution in [1.82, 2.24) is 0 Å². The van der Waals surface area contributed by atoms with Crippen molar-refractivity contribution >= 4 is 65.6 Å². The standard InChI is InChI=1S/C10H6BrFINO2S2/c11-6-4-5-17-10(6)18(15,16)14-8-3-1-2-7(12)9(8)13/h1-5,14H. The molecule has 0 fully saturated rings. The number of rotatable bonds is 3. The highest BCUT2D eigenvalue weighted by molar-refractivity contribution is 14.1. The summed E-state index contributed by atoms with van der Waals surface area (Å²) in [6, 6.07) is 5.90. The highest BCUT2D eigenvalue weighted by atomic mass is 127. The van der Waals surface area contributed by atoms with E-state index in [4.69, 9.17) is 0 Å². The molecule has 1 heterocycles. The number of halogens is 3. The van der Waals surface area contributed by atoms with E-state index in [9.17, 15) is 12.8 Å². The van der Waals surface area contributed by atoms with Crippen LogP contribution >= 0.6 is 49.9 Å². The van der Waals surface area contributed by atoms with Crippen molar-refractivity contribution < 1.29 is 12.8 Å². The third-order valence-electron chi connectivity index (χ3n) is 2.02. The smallest absolute Gasteiger partial charge is 0.272 e. The number of nitrogens with one attached hydrogen (secondary N) is 1. The van der Waals surface area contributed by atoms with Crippen LogP contribution < -0.4 is 4.72 Å². The van der Waals surface area contributed by atoms with Crippen molar-refractivity contribution in [3.8, 4) is 0 Å². The summed E-state index contributed by atoms with van der Waals surface area (Å²) in [6.45, 7) is 0. The average molecular weight is 462 g/mol. The molecule has 96 valence electrons. The van der Waals surface area contributed by atoms with Crippen molar-refractivity contribution in [2.24, 2.45) is 0 Å². The number of sulfonamides is 1. The van der Waals surface area contributed by atoms with Crippen molar-refractivity contribution in [3.63, 3.8) is 0 Å². The molecule has 0 aliphatic rings. The minimum atomic E-state index is -3.69. The molecule has 0 spiro atoms. The van der Waals surface area contributed by atoms with Crippen LogP contribution in [0.15, 0.2) is 38.3 Å². The molecular formula is C10H6BrFINO2S2. The number of thiophene rings is 1. The summed E-state index contributed by atoms with van der Waals surface area (Å²) in [5.74, 6) is -0.457. The maximum Gasteiger partial charge on any atom is 0.272 e. The van der Waals surface area contributed by atoms with Crippen molar-refractivity contribution in [2.75, 3.05) is 4.72 Å². The Labute approximate surface area is 130 Å². The van der Waals surface area contributed by atoms with Gasteiger partial charge in [0.25, 0.3) is 10.0 Å². The molecule has 3 nitrogen and oxygen atoms in total. The Morgan fingerprint density at radius 2 is 2.06 bits per heavy atom. The van der Waals surface area contributed by atoms with Gasteiger partial charge in [0.1, 0.15) is 5.82 Å². The Morgan fingerprint density at radius 1 is 1.33 bits per heavy atom. The number of hydrogen-bond donors (Lipinski definition) is 1. The van der Waals surface area contributed by atoms with Gasteiger partial charge in [0, 0.05) is 4.47 Å². The summed E-state index contributed by atoms with van der Waals surface area (Å²) in [4.78, 5) is 0. The lowest BCUT2D eigenvalue weighted by molar-refractivity contribution is 0.602. The zero-order valence-corrected chi connectivity index (χ0v) is 14.0. The zero-order valence-electron chi connectivity index (χ0n) is 8.65. The van der Waals surface area contributed by atoms with E-state index in [1.807, 2.05) is 0 Å². The van der Waals surface area contributed by atoms with Gasteiger partial charge in [0.15, 0.2) is 4.21 Å². The first kappa shape index (κ1) is 14.2. The lowest BCUT2D eigenvalue weighted by Gasteiger charge is -2.09. The van der Waals surface area contributed by atoms with Gasteiger partial charge < -0.3 is 0 Å². The third kappa shape index (κ3) is 2.86. The second-order valence-electron chi connectivity index (χ2n) is 3.26. The zero-order chi connectivity index (χ0) is 13.3. The van der Waals surface area contributed by atoms with Crippen molar-refractivity contribution in [2.45, 2.75) is 4.21 Å². The van der Waals surface area contributed by atoms with Gasteiger partial charge in [0.2, 0.25) is 0 Å². The van der Waals surface area contributed by atoms with Crippen LogP contribution in [-0.4, -0.2) is 8.42 Å². The van der Waals surface area contributed by atoms with Gasteiger partial charge in [-0.2, -0.15) is 0 Å². The molecule has 18 heavy (non-hydrogen) atoms. The summed E-state index contributed by atoms with van der Waals surface area (Å²) in [6.07, 6.45) is 0. The Hall–Kier alpha value is -0.190. The Morgan fingerprint density at radius 3 is 2.67 bits per heavy atom. The van der Waals surface area contributed by atoms with Gasteiger partial charge >= 0.3 is 0 Å². The molecule has 0 amide bonds. The molecule has 0 radical (unpaired) electrons. The Balaban J connectivity index is 2.40. The maximum absolute atomic E-state index is 13.3. The molecule has 0 aliphatic carbocycles. The van der Waals surface area contributed by atoms with E-state index in [1.54, 1.807) is 34.0 Å². The van der Waals surface area contributed by atoms with E-state index in [-0.39, 0.29) is 13.5 Å². The van der Waals surface area contributed by atoms with Gasteiger partial charge in [-0.05, 0) is 62.1 Å². The van der Waals surface area contributed by atoms with Crippen LogP contribution in [0, 0.1) is 9.39 Å². The number of hydrogen-bond acceptors (Lipinski definition) is 3. The highest BCUT2D eigenvalue weighted by Gasteiger charge is 2.20. The van der Waals surface area contributed by atoms with E-state index < -0.39 is 15.8 Å².